The maximum Gasteiger partial charge on any atom is 0.334 e. The summed E-state index contributed by atoms with van der Waals surface area (Å²) >= 11 is 0. The van der Waals surface area contributed by atoms with E-state index >= 15 is 0 Å². The van der Waals surface area contributed by atoms with E-state index in [0.717, 1.165) is 6.42 Å². The highest BCUT2D eigenvalue weighted by atomic mass is 16.5. The van der Waals surface area contributed by atoms with Crippen LogP contribution in [0.15, 0.2) is 0 Å². The van der Waals surface area contributed by atoms with Gasteiger partial charge in [-0.1, -0.05) is 6.92 Å². The van der Waals surface area contributed by atoms with Gasteiger partial charge in [0.15, 0.2) is 6.10 Å². The molecule has 0 radical (unpaired) electrons. The van der Waals surface area contributed by atoms with Gasteiger partial charge in [0.2, 0.25) is 0 Å². The summed E-state index contributed by atoms with van der Waals surface area (Å²) in [5, 5.41) is 8.91. The highest BCUT2D eigenvalue weighted by Gasteiger charge is 2.31. The normalized spacial score (nSPS) is 20.0. The van der Waals surface area contributed by atoms with Crippen molar-refractivity contribution in [1.29, 1.82) is 0 Å². The van der Waals surface area contributed by atoms with E-state index in [-0.39, 0.29) is 25.2 Å². The molecule has 2 amide bonds. The maximum atomic E-state index is 12.3. The zero-order valence-corrected chi connectivity index (χ0v) is 11.3. The van der Waals surface area contributed by atoms with E-state index in [4.69, 9.17) is 9.84 Å². The van der Waals surface area contributed by atoms with E-state index in [1.54, 1.807) is 9.80 Å². The van der Waals surface area contributed by atoms with E-state index in [9.17, 15) is 9.59 Å². The first-order chi connectivity index (χ1) is 8.47. The second-order valence-corrected chi connectivity index (χ2v) is 4.71. The largest absolute Gasteiger partial charge is 0.479 e. The van der Waals surface area contributed by atoms with Crippen LogP contribution >= 0.6 is 0 Å². The van der Waals surface area contributed by atoms with E-state index in [1.807, 2.05) is 20.8 Å². The fourth-order valence-corrected chi connectivity index (χ4v) is 1.97. The van der Waals surface area contributed by atoms with Crippen molar-refractivity contribution in [3.63, 3.8) is 0 Å². The summed E-state index contributed by atoms with van der Waals surface area (Å²) in [6, 6.07) is 0.0185. The van der Waals surface area contributed by atoms with E-state index in [1.165, 1.54) is 0 Å². The van der Waals surface area contributed by atoms with Crippen LogP contribution < -0.4 is 0 Å². The molecule has 18 heavy (non-hydrogen) atoms. The van der Waals surface area contributed by atoms with Gasteiger partial charge in [-0.15, -0.1) is 0 Å². The lowest BCUT2D eigenvalue weighted by Crippen LogP contribution is -2.54. The molecule has 6 nitrogen and oxygen atoms in total. The van der Waals surface area contributed by atoms with Crippen molar-refractivity contribution < 1.29 is 19.4 Å². The summed E-state index contributed by atoms with van der Waals surface area (Å²) < 4.78 is 5.11. The average Bonchev–Trinajstić information content (AvgIpc) is 2.35. The van der Waals surface area contributed by atoms with Crippen molar-refractivity contribution in [3.8, 4) is 0 Å². The maximum absolute atomic E-state index is 12.3. The van der Waals surface area contributed by atoms with Gasteiger partial charge in [-0.3, -0.25) is 0 Å². The Morgan fingerprint density at radius 2 is 2.17 bits per heavy atom. The van der Waals surface area contributed by atoms with Crippen LogP contribution in [0.1, 0.15) is 27.2 Å². The Bertz CT molecular complexity index is 306. The topological polar surface area (TPSA) is 70.1 Å². The lowest BCUT2D eigenvalue weighted by molar-refractivity contribution is -0.154. The number of morpholine rings is 1. The molecule has 0 saturated carbocycles. The van der Waals surface area contributed by atoms with Gasteiger partial charge in [-0.25, -0.2) is 9.59 Å². The standard InChI is InChI=1S/C12H22N2O4/c1-4-5-14(9(2)3)12(17)13-6-7-18-10(8-13)11(15)16/h9-10H,4-8H2,1-3H3,(H,15,16). The molecule has 0 aromatic rings. The molecule has 0 bridgehead atoms. The van der Waals surface area contributed by atoms with Gasteiger partial charge < -0.3 is 19.6 Å². The molecule has 1 aliphatic rings. The Labute approximate surface area is 107 Å². The molecule has 1 rings (SSSR count). The molecule has 1 fully saturated rings. The van der Waals surface area contributed by atoms with Crippen molar-refractivity contribution in [2.75, 3.05) is 26.2 Å². The van der Waals surface area contributed by atoms with Crippen LogP contribution in [0.25, 0.3) is 0 Å². The summed E-state index contributed by atoms with van der Waals surface area (Å²) in [7, 11) is 0. The van der Waals surface area contributed by atoms with Crippen molar-refractivity contribution in [3.05, 3.63) is 0 Å². The third kappa shape index (κ3) is 3.60. The number of carboxylic acid groups (broad SMARTS) is 1. The van der Waals surface area contributed by atoms with E-state index in [0.29, 0.717) is 13.1 Å². The third-order valence-corrected chi connectivity index (χ3v) is 2.95. The van der Waals surface area contributed by atoms with Crippen LogP contribution in [0, 0.1) is 0 Å². The smallest absolute Gasteiger partial charge is 0.334 e. The monoisotopic (exact) mass is 258 g/mol. The van der Waals surface area contributed by atoms with Crippen molar-refractivity contribution in [2.24, 2.45) is 0 Å². The van der Waals surface area contributed by atoms with Crippen molar-refractivity contribution in [1.82, 2.24) is 9.80 Å². The van der Waals surface area contributed by atoms with Crippen LogP contribution in [0.5, 0.6) is 0 Å². The second-order valence-electron chi connectivity index (χ2n) is 4.71. The molecule has 0 aromatic heterocycles. The predicted molar refractivity (Wildman–Crippen MR) is 66.5 cm³/mol. The molecular weight excluding hydrogens is 236 g/mol. The van der Waals surface area contributed by atoms with Crippen LogP contribution in [0.4, 0.5) is 4.79 Å². The van der Waals surface area contributed by atoms with Crippen molar-refractivity contribution in [2.45, 2.75) is 39.3 Å². The SMILES string of the molecule is CCCN(C(=O)N1CCOC(C(=O)O)C1)C(C)C. The fourth-order valence-electron chi connectivity index (χ4n) is 1.97. The lowest BCUT2D eigenvalue weighted by atomic mass is 10.2. The fraction of sp³-hybridized carbons (Fsp3) is 0.833. The number of carboxylic acids is 1. The minimum Gasteiger partial charge on any atom is -0.479 e. The number of amides is 2. The first-order valence-electron chi connectivity index (χ1n) is 6.37. The zero-order chi connectivity index (χ0) is 13.7. The minimum atomic E-state index is -1.01. The Hall–Kier alpha value is -1.30. The molecule has 6 heteroatoms. The molecule has 0 spiro atoms. The van der Waals surface area contributed by atoms with Gasteiger partial charge >= 0.3 is 12.0 Å². The van der Waals surface area contributed by atoms with Gasteiger partial charge in [-0.05, 0) is 20.3 Å². The van der Waals surface area contributed by atoms with Gasteiger partial charge in [0, 0.05) is 19.1 Å². The number of carbonyl (C=O) groups excluding carboxylic acids is 1. The predicted octanol–water partition coefficient (Wildman–Crippen LogP) is 1.01. The third-order valence-electron chi connectivity index (χ3n) is 2.95. The van der Waals surface area contributed by atoms with Crippen LogP contribution in [-0.4, -0.2) is 65.3 Å². The summed E-state index contributed by atoms with van der Waals surface area (Å²) in [4.78, 5) is 26.5. The first kappa shape index (κ1) is 14.8. The number of ether oxygens (including phenoxy) is 1. The number of hydrogen-bond acceptors (Lipinski definition) is 3. The molecule has 1 saturated heterocycles. The van der Waals surface area contributed by atoms with E-state index in [2.05, 4.69) is 0 Å². The highest BCUT2D eigenvalue weighted by molar-refractivity contribution is 5.77. The summed E-state index contributed by atoms with van der Waals surface area (Å²) in [5.41, 5.74) is 0. The first-order valence-corrected chi connectivity index (χ1v) is 6.37. The quantitative estimate of drug-likeness (QED) is 0.817. The molecule has 1 unspecified atom stereocenters. The van der Waals surface area contributed by atoms with E-state index < -0.39 is 12.1 Å². The summed E-state index contributed by atoms with van der Waals surface area (Å²) in [6.07, 6.45) is -0.0188. The molecular formula is C12H22N2O4. The Kier molecular flexibility index (Phi) is 5.40. The molecule has 104 valence electrons. The van der Waals surface area contributed by atoms with Crippen LogP contribution in [0.3, 0.4) is 0 Å². The molecule has 0 aromatic carbocycles. The van der Waals surface area contributed by atoms with Crippen LogP contribution in [-0.2, 0) is 9.53 Å². The summed E-state index contributed by atoms with van der Waals surface area (Å²) in [6.45, 7) is 7.48. The number of rotatable bonds is 4. The average molecular weight is 258 g/mol. The Morgan fingerprint density at radius 1 is 1.50 bits per heavy atom. The minimum absolute atomic E-state index is 0.0959. The van der Waals surface area contributed by atoms with Crippen molar-refractivity contribution >= 4 is 12.0 Å². The van der Waals surface area contributed by atoms with Gasteiger partial charge in [0.1, 0.15) is 0 Å². The highest BCUT2D eigenvalue weighted by Crippen LogP contribution is 2.11. The Morgan fingerprint density at radius 3 is 2.67 bits per heavy atom. The molecule has 1 N–H and O–H groups in total. The van der Waals surface area contributed by atoms with Crippen LogP contribution in [0.2, 0.25) is 0 Å². The lowest BCUT2D eigenvalue weighted by Gasteiger charge is -2.36. The van der Waals surface area contributed by atoms with Gasteiger partial charge in [0.25, 0.3) is 0 Å². The molecule has 1 heterocycles. The molecule has 0 aliphatic carbocycles. The second kappa shape index (κ2) is 6.58. The number of urea groups is 1. The number of aliphatic carboxylic acids is 1. The molecule has 1 aliphatic heterocycles. The zero-order valence-electron chi connectivity index (χ0n) is 11.3. The number of carbonyl (C=O) groups is 2. The summed E-state index contributed by atoms with van der Waals surface area (Å²) in [5.74, 6) is -1.01. The molecule has 1 atom stereocenters. The number of nitrogens with zero attached hydrogens (tertiary/aromatic N) is 2. The number of hydrogen-bond donors (Lipinski definition) is 1. The Balaban J connectivity index is 2.66. The van der Waals surface area contributed by atoms with Gasteiger partial charge in [0.05, 0.1) is 13.2 Å². The van der Waals surface area contributed by atoms with Gasteiger partial charge in [-0.2, -0.15) is 0 Å².